The van der Waals surface area contributed by atoms with E-state index in [9.17, 15) is 0 Å². The third kappa shape index (κ3) is 1.92. The van der Waals surface area contributed by atoms with Gasteiger partial charge in [0, 0.05) is 11.8 Å². The Morgan fingerprint density at radius 3 is 2.64 bits per heavy atom. The number of aryl methyl sites for hydroxylation is 1. The molecule has 0 amide bonds. The van der Waals surface area contributed by atoms with Crippen molar-refractivity contribution >= 4 is 5.65 Å². The summed E-state index contributed by atoms with van der Waals surface area (Å²) in [6, 6.07) is 16.0. The van der Waals surface area contributed by atoms with Crippen LogP contribution in [-0.4, -0.2) is 14.6 Å². The minimum Gasteiger partial charge on any atom is -0.463 e. The standard InChI is InChI=1S/C18H15N3O/c1-2-14-17(13-7-4-3-5-8-13)18-19-11-10-15(21(18)20-14)16-9-6-12-22-16/h3-12H,2H2,1H3. The van der Waals surface area contributed by atoms with Crippen LogP contribution < -0.4 is 0 Å². The summed E-state index contributed by atoms with van der Waals surface area (Å²) in [4.78, 5) is 4.56. The van der Waals surface area contributed by atoms with E-state index in [0.717, 1.165) is 40.3 Å². The second-order valence-corrected chi connectivity index (χ2v) is 5.08. The minimum atomic E-state index is 0.789. The van der Waals surface area contributed by atoms with Crippen molar-refractivity contribution in [1.82, 2.24) is 14.6 Å². The van der Waals surface area contributed by atoms with Crippen molar-refractivity contribution in [1.29, 1.82) is 0 Å². The predicted octanol–water partition coefficient (Wildman–Crippen LogP) is 4.22. The van der Waals surface area contributed by atoms with Crippen molar-refractivity contribution in [2.45, 2.75) is 13.3 Å². The number of nitrogens with zero attached hydrogens (tertiary/aromatic N) is 3. The lowest BCUT2D eigenvalue weighted by Crippen LogP contribution is -1.95. The van der Waals surface area contributed by atoms with Crippen LogP contribution in [0.5, 0.6) is 0 Å². The Kier molecular flexibility index (Phi) is 3.00. The molecule has 4 nitrogen and oxygen atoms in total. The quantitative estimate of drug-likeness (QED) is 0.567. The lowest BCUT2D eigenvalue weighted by atomic mass is 10.0. The average Bonchev–Trinajstić information content (AvgIpc) is 3.22. The Bertz CT molecular complexity index is 908. The fourth-order valence-electron chi connectivity index (χ4n) is 2.75. The largest absolute Gasteiger partial charge is 0.463 e. The van der Waals surface area contributed by atoms with E-state index in [0.29, 0.717) is 0 Å². The molecule has 3 aromatic heterocycles. The van der Waals surface area contributed by atoms with E-state index in [1.54, 1.807) is 12.5 Å². The molecule has 0 aliphatic heterocycles. The normalized spacial score (nSPS) is 11.1. The second kappa shape index (κ2) is 5.15. The zero-order valence-corrected chi connectivity index (χ0v) is 12.2. The molecule has 0 unspecified atom stereocenters. The Morgan fingerprint density at radius 2 is 1.91 bits per heavy atom. The summed E-state index contributed by atoms with van der Waals surface area (Å²) in [6.45, 7) is 2.11. The molecular formula is C18H15N3O. The predicted molar refractivity (Wildman–Crippen MR) is 85.5 cm³/mol. The molecule has 0 aliphatic carbocycles. The first-order valence-corrected chi connectivity index (χ1v) is 7.34. The molecule has 1 aromatic carbocycles. The third-order valence-electron chi connectivity index (χ3n) is 3.76. The number of rotatable bonds is 3. The smallest absolute Gasteiger partial charge is 0.163 e. The highest BCUT2D eigenvalue weighted by molar-refractivity contribution is 5.81. The maximum absolute atomic E-state index is 5.53. The number of fused-ring (bicyclic) bond motifs is 1. The molecule has 0 fully saturated rings. The van der Waals surface area contributed by atoms with Gasteiger partial charge < -0.3 is 4.42 Å². The number of furan rings is 1. The van der Waals surface area contributed by atoms with E-state index in [4.69, 9.17) is 9.52 Å². The van der Waals surface area contributed by atoms with E-state index >= 15 is 0 Å². The maximum Gasteiger partial charge on any atom is 0.163 e. The van der Waals surface area contributed by atoms with Crippen LogP contribution in [0.1, 0.15) is 12.6 Å². The summed E-state index contributed by atoms with van der Waals surface area (Å²) < 4.78 is 7.40. The number of hydrogen-bond donors (Lipinski definition) is 0. The van der Waals surface area contributed by atoms with Gasteiger partial charge in [-0.05, 0) is 30.2 Å². The monoisotopic (exact) mass is 289 g/mol. The number of aromatic nitrogens is 3. The summed E-state index contributed by atoms with van der Waals surface area (Å²) in [5.41, 5.74) is 5.04. The summed E-state index contributed by atoms with van der Waals surface area (Å²) in [5.74, 6) is 0.789. The number of hydrogen-bond acceptors (Lipinski definition) is 3. The van der Waals surface area contributed by atoms with E-state index in [-0.39, 0.29) is 0 Å². The zero-order valence-electron chi connectivity index (χ0n) is 12.2. The SMILES string of the molecule is CCc1nn2c(-c3ccco3)ccnc2c1-c1ccccc1. The topological polar surface area (TPSA) is 43.3 Å². The van der Waals surface area contributed by atoms with E-state index in [1.165, 1.54) is 0 Å². The van der Waals surface area contributed by atoms with Crippen molar-refractivity contribution in [2.75, 3.05) is 0 Å². The molecule has 0 atom stereocenters. The molecule has 4 heteroatoms. The lowest BCUT2D eigenvalue weighted by Gasteiger charge is -2.02. The van der Waals surface area contributed by atoms with Crippen LogP contribution in [0.2, 0.25) is 0 Å². The van der Waals surface area contributed by atoms with Crippen LogP contribution >= 0.6 is 0 Å². The molecule has 0 saturated carbocycles. The second-order valence-electron chi connectivity index (χ2n) is 5.08. The molecule has 4 aromatic rings. The van der Waals surface area contributed by atoms with Crippen LogP contribution in [0.3, 0.4) is 0 Å². The molecule has 3 heterocycles. The van der Waals surface area contributed by atoms with Crippen LogP contribution in [0.25, 0.3) is 28.2 Å². The van der Waals surface area contributed by atoms with Gasteiger partial charge in [0.25, 0.3) is 0 Å². The van der Waals surface area contributed by atoms with Gasteiger partial charge in [-0.15, -0.1) is 0 Å². The van der Waals surface area contributed by atoms with Crippen molar-refractivity contribution in [3.8, 4) is 22.6 Å². The van der Waals surface area contributed by atoms with Crippen molar-refractivity contribution in [2.24, 2.45) is 0 Å². The number of benzene rings is 1. The lowest BCUT2D eigenvalue weighted by molar-refractivity contribution is 0.577. The summed E-state index contributed by atoms with van der Waals surface area (Å²) in [7, 11) is 0. The van der Waals surface area contributed by atoms with Crippen LogP contribution in [0.15, 0.2) is 65.4 Å². The molecule has 0 N–H and O–H groups in total. The first kappa shape index (κ1) is 12.8. The Hall–Kier alpha value is -2.88. The van der Waals surface area contributed by atoms with Gasteiger partial charge in [0.15, 0.2) is 11.4 Å². The van der Waals surface area contributed by atoms with Crippen molar-refractivity contribution < 1.29 is 4.42 Å². The minimum absolute atomic E-state index is 0.789. The maximum atomic E-state index is 5.53. The van der Waals surface area contributed by atoms with Gasteiger partial charge in [-0.1, -0.05) is 37.3 Å². The van der Waals surface area contributed by atoms with E-state index < -0.39 is 0 Å². The Morgan fingerprint density at radius 1 is 1.05 bits per heavy atom. The Labute approximate surface area is 128 Å². The summed E-state index contributed by atoms with van der Waals surface area (Å²) in [6.07, 6.45) is 4.33. The average molecular weight is 289 g/mol. The van der Waals surface area contributed by atoms with E-state index in [1.807, 2.05) is 40.9 Å². The van der Waals surface area contributed by atoms with Gasteiger partial charge in [0.1, 0.15) is 5.69 Å². The van der Waals surface area contributed by atoms with Gasteiger partial charge >= 0.3 is 0 Å². The molecule has 0 spiro atoms. The highest BCUT2D eigenvalue weighted by Gasteiger charge is 2.17. The Balaban J connectivity index is 2.04. The molecule has 0 bridgehead atoms. The molecule has 4 rings (SSSR count). The van der Waals surface area contributed by atoms with Crippen LogP contribution in [0.4, 0.5) is 0 Å². The van der Waals surface area contributed by atoms with Gasteiger partial charge in [-0.2, -0.15) is 5.10 Å². The molecular weight excluding hydrogens is 274 g/mol. The molecule has 0 aliphatic rings. The van der Waals surface area contributed by atoms with Crippen LogP contribution in [-0.2, 0) is 6.42 Å². The molecule has 0 radical (unpaired) electrons. The highest BCUT2D eigenvalue weighted by Crippen LogP contribution is 2.30. The molecule has 22 heavy (non-hydrogen) atoms. The fraction of sp³-hybridized carbons (Fsp3) is 0.111. The molecule has 0 saturated heterocycles. The zero-order chi connectivity index (χ0) is 14.9. The van der Waals surface area contributed by atoms with Gasteiger partial charge in [-0.3, -0.25) is 0 Å². The first-order valence-electron chi connectivity index (χ1n) is 7.34. The van der Waals surface area contributed by atoms with Crippen molar-refractivity contribution in [3.05, 3.63) is 66.7 Å². The first-order chi connectivity index (χ1) is 10.9. The van der Waals surface area contributed by atoms with Gasteiger partial charge in [0.2, 0.25) is 0 Å². The molecule has 108 valence electrons. The van der Waals surface area contributed by atoms with Gasteiger partial charge in [0.05, 0.1) is 12.0 Å². The third-order valence-corrected chi connectivity index (χ3v) is 3.76. The van der Waals surface area contributed by atoms with Crippen molar-refractivity contribution in [3.63, 3.8) is 0 Å². The van der Waals surface area contributed by atoms with Gasteiger partial charge in [-0.25, -0.2) is 9.50 Å². The van der Waals surface area contributed by atoms with Crippen LogP contribution in [0, 0.1) is 0 Å². The fourth-order valence-corrected chi connectivity index (χ4v) is 2.75. The summed E-state index contributed by atoms with van der Waals surface area (Å²) in [5, 5.41) is 4.76. The summed E-state index contributed by atoms with van der Waals surface area (Å²) >= 11 is 0. The highest BCUT2D eigenvalue weighted by atomic mass is 16.3. The van der Waals surface area contributed by atoms with E-state index in [2.05, 4.69) is 24.0 Å².